The van der Waals surface area contributed by atoms with Crippen molar-refractivity contribution < 1.29 is 0 Å². The van der Waals surface area contributed by atoms with E-state index in [1.165, 1.54) is 24.9 Å². The number of nitrogens with zero attached hydrogens (tertiary/aromatic N) is 2. The normalized spacial score (nSPS) is 20.6. The first kappa shape index (κ1) is 10.7. The number of fused-ring (bicyclic) bond motifs is 1. The molecule has 1 atom stereocenters. The average molecular weight is 227 g/mol. The van der Waals surface area contributed by atoms with E-state index in [4.69, 9.17) is 0 Å². The van der Waals surface area contributed by atoms with Crippen LogP contribution in [0.2, 0.25) is 0 Å². The van der Waals surface area contributed by atoms with Crippen LogP contribution in [-0.2, 0) is 6.42 Å². The summed E-state index contributed by atoms with van der Waals surface area (Å²) in [5, 5.41) is 3.46. The number of hydrogen-bond donors (Lipinski definition) is 1. The average Bonchev–Trinajstić information content (AvgIpc) is 2.40. The van der Waals surface area contributed by atoms with Crippen LogP contribution in [0.25, 0.3) is 11.0 Å². The third-order valence-corrected chi connectivity index (χ3v) is 3.46. The molecule has 88 valence electrons. The maximum Gasteiger partial charge on any atom is 0.0889 e. The van der Waals surface area contributed by atoms with Gasteiger partial charge in [0.05, 0.1) is 11.0 Å². The van der Waals surface area contributed by atoms with Crippen molar-refractivity contribution >= 4 is 11.0 Å². The van der Waals surface area contributed by atoms with Gasteiger partial charge >= 0.3 is 0 Å². The summed E-state index contributed by atoms with van der Waals surface area (Å²) in [6, 6.07) is 6.44. The second-order valence-electron chi connectivity index (χ2n) is 4.80. The van der Waals surface area contributed by atoms with Crippen LogP contribution >= 0.6 is 0 Å². The van der Waals surface area contributed by atoms with E-state index in [1.54, 1.807) is 12.4 Å². The molecule has 0 spiro atoms. The van der Waals surface area contributed by atoms with E-state index in [0.717, 1.165) is 29.9 Å². The number of nitrogens with one attached hydrogen (secondary N) is 1. The molecule has 1 aromatic heterocycles. The lowest BCUT2D eigenvalue weighted by Crippen LogP contribution is -2.30. The summed E-state index contributed by atoms with van der Waals surface area (Å²) in [7, 11) is 0. The minimum atomic E-state index is 0.776. The van der Waals surface area contributed by atoms with E-state index in [1.807, 2.05) is 0 Å². The molecule has 3 rings (SSSR count). The first-order valence-corrected chi connectivity index (χ1v) is 6.32. The van der Waals surface area contributed by atoms with Gasteiger partial charge in [0, 0.05) is 12.4 Å². The molecule has 1 saturated heterocycles. The van der Waals surface area contributed by atoms with Crippen LogP contribution in [0.3, 0.4) is 0 Å². The van der Waals surface area contributed by atoms with E-state index in [2.05, 4.69) is 33.5 Å². The van der Waals surface area contributed by atoms with E-state index in [9.17, 15) is 0 Å². The molecule has 1 N–H and O–H groups in total. The smallest absolute Gasteiger partial charge is 0.0889 e. The third kappa shape index (κ3) is 2.44. The highest BCUT2D eigenvalue weighted by Gasteiger charge is 2.13. The van der Waals surface area contributed by atoms with Crippen LogP contribution in [0.4, 0.5) is 0 Å². The van der Waals surface area contributed by atoms with Gasteiger partial charge in [-0.1, -0.05) is 6.07 Å². The van der Waals surface area contributed by atoms with Gasteiger partial charge in [-0.25, -0.2) is 0 Å². The molecule has 1 fully saturated rings. The Bertz CT molecular complexity index is 504. The second-order valence-corrected chi connectivity index (χ2v) is 4.80. The van der Waals surface area contributed by atoms with Crippen molar-refractivity contribution in [3.63, 3.8) is 0 Å². The minimum Gasteiger partial charge on any atom is -0.316 e. The van der Waals surface area contributed by atoms with Gasteiger partial charge < -0.3 is 5.32 Å². The monoisotopic (exact) mass is 227 g/mol. The molecule has 17 heavy (non-hydrogen) atoms. The quantitative estimate of drug-likeness (QED) is 0.854. The Morgan fingerprint density at radius 3 is 2.88 bits per heavy atom. The van der Waals surface area contributed by atoms with Gasteiger partial charge in [-0.15, -0.1) is 0 Å². The molecule has 3 nitrogen and oxygen atoms in total. The van der Waals surface area contributed by atoms with Crippen molar-refractivity contribution in [2.24, 2.45) is 5.92 Å². The van der Waals surface area contributed by atoms with E-state index >= 15 is 0 Å². The lowest BCUT2D eigenvalue weighted by atomic mass is 9.92. The molecule has 0 aliphatic carbocycles. The molecule has 3 heteroatoms. The molecule has 1 aliphatic rings. The topological polar surface area (TPSA) is 37.8 Å². The van der Waals surface area contributed by atoms with Crippen molar-refractivity contribution in [3.05, 3.63) is 36.2 Å². The largest absolute Gasteiger partial charge is 0.316 e. The highest BCUT2D eigenvalue weighted by Crippen LogP contribution is 2.18. The van der Waals surface area contributed by atoms with E-state index in [-0.39, 0.29) is 0 Å². The molecular weight excluding hydrogens is 210 g/mol. The van der Waals surface area contributed by atoms with Crippen molar-refractivity contribution in [1.82, 2.24) is 15.3 Å². The number of rotatable bonds is 2. The summed E-state index contributed by atoms with van der Waals surface area (Å²) in [4.78, 5) is 8.65. The zero-order chi connectivity index (χ0) is 11.5. The molecule has 1 aliphatic heterocycles. The summed E-state index contributed by atoms with van der Waals surface area (Å²) in [5.41, 5.74) is 3.37. The third-order valence-electron chi connectivity index (χ3n) is 3.46. The molecule has 2 aromatic rings. The Balaban J connectivity index is 1.80. The molecule has 0 radical (unpaired) electrons. The van der Waals surface area contributed by atoms with Crippen LogP contribution in [0.15, 0.2) is 30.6 Å². The summed E-state index contributed by atoms with van der Waals surface area (Å²) >= 11 is 0. The predicted octanol–water partition coefficient (Wildman–Crippen LogP) is 2.17. The van der Waals surface area contributed by atoms with Gasteiger partial charge in [0.2, 0.25) is 0 Å². The van der Waals surface area contributed by atoms with Gasteiger partial charge in [-0.05, 0) is 56.0 Å². The number of piperidine rings is 1. The maximum absolute atomic E-state index is 4.36. The van der Waals surface area contributed by atoms with Crippen molar-refractivity contribution in [1.29, 1.82) is 0 Å². The molecule has 1 aromatic carbocycles. The molecular formula is C14H17N3. The SMILES string of the molecule is c1cnc2cc(CC3CCCNC3)ccc2n1. The number of hydrogen-bond acceptors (Lipinski definition) is 3. The Morgan fingerprint density at radius 1 is 1.18 bits per heavy atom. The van der Waals surface area contributed by atoms with E-state index in [0.29, 0.717) is 0 Å². The first-order chi connectivity index (χ1) is 8.42. The van der Waals surface area contributed by atoms with E-state index < -0.39 is 0 Å². The van der Waals surface area contributed by atoms with Crippen LogP contribution in [-0.4, -0.2) is 23.1 Å². The molecule has 1 unspecified atom stereocenters. The van der Waals surface area contributed by atoms with Crippen molar-refractivity contribution in [2.45, 2.75) is 19.3 Å². The number of benzene rings is 1. The molecule has 0 bridgehead atoms. The fraction of sp³-hybridized carbons (Fsp3) is 0.429. The Labute approximate surface area is 101 Å². The summed E-state index contributed by atoms with van der Waals surface area (Å²) in [5.74, 6) is 0.776. The van der Waals surface area contributed by atoms with Crippen LogP contribution in [0, 0.1) is 5.92 Å². The predicted molar refractivity (Wildman–Crippen MR) is 68.8 cm³/mol. The van der Waals surface area contributed by atoms with Gasteiger partial charge in [0.15, 0.2) is 0 Å². The zero-order valence-corrected chi connectivity index (χ0v) is 9.89. The van der Waals surface area contributed by atoms with Crippen LogP contribution < -0.4 is 5.32 Å². The molecule has 0 amide bonds. The highest BCUT2D eigenvalue weighted by molar-refractivity contribution is 5.74. The lowest BCUT2D eigenvalue weighted by Gasteiger charge is -2.22. The minimum absolute atomic E-state index is 0.776. The highest BCUT2D eigenvalue weighted by atomic mass is 14.9. The van der Waals surface area contributed by atoms with Crippen molar-refractivity contribution in [3.8, 4) is 0 Å². The van der Waals surface area contributed by atoms with Gasteiger partial charge in [-0.2, -0.15) is 0 Å². The van der Waals surface area contributed by atoms with Gasteiger partial charge in [0.1, 0.15) is 0 Å². The Hall–Kier alpha value is -1.48. The lowest BCUT2D eigenvalue weighted by molar-refractivity contribution is 0.376. The molecule has 0 saturated carbocycles. The Kier molecular flexibility index (Phi) is 3.01. The summed E-state index contributed by atoms with van der Waals surface area (Å²) in [6.45, 7) is 2.33. The first-order valence-electron chi connectivity index (χ1n) is 6.32. The fourth-order valence-electron chi connectivity index (χ4n) is 2.57. The van der Waals surface area contributed by atoms with Crippen LogP contribution in [0.5, 0.6) is 0 Å². The fourth-order valence-corrected chi connectivity index (χ4v) is 2.57. The number of aromatic nitrogens is 2. The maximum atomic E-state index is 4.36. The van der Waals surface area contributed by atoms with Crippen molar-refractivity contribution in [2.75, 3.05) is 13.1 Å². The summed E-state index contributed by atoms with van der Waals surface area (Å²) < 4.78 is 0. The summed E-state index contributed by atoms with van der Waals surface area (Å²) in [6.07, 6.45) is 7.30. The van der Waals surface area contributed by atoms with Crippen LogP contribution in [0.1, 0.15) is 18.4 Å². The Morgan fingerprint density at radius 2 is 2.06 bits per heavy atom. The van der Waals surface area contributed by atoms with Gasteiger partial charge in [0.25, 0.3) is 0 Å². The second kappa shape index (κ2) is 4.80. The van der Waals surface area contributed by atoms with Gasteiger partial charge in [-0.3, -0.25) is 9.97 Å². The zero-order valence-electron chi connectivity index (χ0n) is 9.89. The standard InChI is InChI=1S/C14H17N3/c1-2-12(10-15-5-1)8-11-3-4-13-14(9-11)17-7-6-16-13/h3-4,6-7,9,12,15H,1-2,5,8,10H2. The molecule has 2 heterocycles.